The Hall–Kier alpha value is -2.58. The summed E-state index contributed by atoms with van der Waals surface area (Å²) in [6.45, 7) is 3.82. The van der Waals surface area contributed by atoms with Gasteiger partial charge in [-0.1, -0.05) is 18.2 Å². The quantitative estimate of drug-likeness (QED) is 0.742. The van der Waals surface area contributed by atoms with E-state index in [2.05, 4.69) is 21.3 Å². The average molecular weight is 385 g/mol. The van der Waals surface area contributed by atoms with Gasteiger partial charge < -0.3 is 16.0 Å². The standard InChI is InChI=1S/C19H23N5O2S/c20-18(25)14-27-17-6-2-1-5-16(17)22-19(26)24-10-8-23(9-11-24)13-15-4-3-7-21-12-15/h1-7,12H,8-11,13-14H2,(H2,20,25)(H,22,26). The number of rotatable bonds is 6. The highest BCUT2D eigenvalue weighted by atomic mass is 32.2. The molecule has 2 heterocycles. The third-order valence-electron chi connectivity index (χ3n) is 4.29. The number of nitrogens with two attached hydrogens (primary N) is 1. The minimum atomic E-state index is -0.383. The van der Waals surface area contributed by atoms with E-state index in [9.17, 15) is 9.59 Å². The highest BCUT2D eigenvalue weighted by Gasteiger charge is 2.21. The fourth-order valence-corrected chi connectivity index (χ4v) is 3.64. The van der Waals surface area contributed by atoms with E-state index in [0.717, 1.165) is 24.5 Å². The van der Waals surface area contributed by atoms with E-state index < -0.39 is 0 Å². The first-order valence-corrected chi connectivity index (χ1v) is 9.77. The lowest BCUT2D eigenvalue weighted by Crippen LogP contribution is -2.49. The number of piperazine rings is 1. The molecular formula is C19H23N5O2S. The van der Waals surface area contributed by atoms with Gasteiger partial charge in [0.2, 0.25) is 5.91 Å². The number of urea groups is 1. The molecule has 7 nitrogen and oxygen atoms in total. The highest BCUT2D eigenvalue weighted by Crippen LogP contribution is 2.27. The Kier molecular flexibility index (Phi) is 6.67. The van der Waals surface area contributed by atoms with Gasteiger partial charge in [-0.2, -0.15) is 0 Å². The second kappa shape index (κ2) is 9.38. The van der Waals surface area contributed by atoms with Gasteiger partial charge in [-0.15, -0.1) is 11.8 Å². The number of thioether (sulfide) groups is 1. The van der Waals surface area contributed by atoms with Crippen molar-refractivity contribution < 1.29 is 9.59 Å². The first kappa shape index (κ1) is 19.2. The molecule has 3 amide bonds. The van der Waals surface area contributed by atoms with E-state index in [1.807, 2.05) is 41.4 Å². The molecule has 2 aromatic rings. The Bertz CT molecular complexity index is 779. The summed E-state index contributed by atoms with van der Waals surface area (Å²) in [6.07, 6.45) is 3.64. The largest absolute Gasteiger partial charge is 0.369 e. The molecule has 1 saturated heterocycles. The molecule has 0 radical (unpaired) electrons. The number of carbonyl (C=O) groups excluding carboxylic acids is 2. The zero-order chi connectivity index (χ0) is 19.1. The van der Waals surface area contributed by atoms with Crippen molar-refractivity contribution in [2.24, 2.45) is 5.73 Å². The fraction of sp³-hybridized carbons (Fsp3) is 0.316. The third kappa shape index (κ3) is 5.70. The molecule has 0 saturated carbocycles. The molecule has 0 spiro atoms. The Morgan fingerprint density at radius 3 is 2.59 bits per heavy atom. The van der Waals surface area contributed by atoms with Gasteiger partial charge in [-0.05, 0) is 23.8 Å². The van der Waals surface area contributed by atoms with Crippen LogP contribution in [0.2, 0.25) is 0 Å². The second-order valence-corrected chi connectivity index (χ2v) is 7.32. The molecule has 0 bridgehead atoms. The third-order valence-corrected chi connectivity index (χ3v) is 5.38. The Morgan fingerprint density at radius 2 is 1.89 bits per heavy atom. The molecule has 0 unspecified atom stereocenters. The van der Waals surface area contributed by atoms with E-state index in [1.54, 1.807) is 6.20 Å². The summed E-state index contributed by atoms with van der Waals surface area (Å²) < 4.78 is 0. The molecule has 1 aromatic carbocycles. The molecule has 3 rings (SSSR count). The van der Waals surface area contributed by atoms with Crippen LogP contribution in [-0.2, 0) is 11.3 Å². The maximum atomic E-state index is 12.6. The molecule has 1 aliphatic heterocycles. The molecule has 1 fully saturated rings. The van der Waals surface area contributed by atoms with Gasteiger partial charge in [0.05, 0.1) is 11.4 Å². The predicted octanol–water partition coefficient (Wildman–Crippen LogP) is 2.01. The smallest absolute Gasteiger partial charge is 0.321 e. The molecule has 8 heteroatoms. The lowest BCUT2D eigenvalue weighted by molar-refractivity contribution is -0.115. The van der Waals surface area contributed by atoms with Gasteiger partial charge in [0.1, 0.15) is 0 Å². The van der Waals surface area contributed by atoms with Crippen LogP contribution in [-0.4, -0.2) is 58.7 Å². The SMILES string of the molecule is NC(=O)CSc1ccccc1NC(=O)N1CCN(Cc2cccnc2)CC1. The van der Waals surface area contributed by atoms with Crippen LogP contribution in [0.4, 0.5) is 10.5 Å². The lowest BCUT2D eigenvalue weighted by Gasteiger charge is -2.34. The predicted molar refractivity (Wildman–Crippen MR) is 106 cm³/mol. The first-order chi connectivity index (χ1) is 13.1. The summed E-state index contributed by atoms with van der Waals surface area (Å²) in [7, 11) is 0. The first-order valence-electron chi connectivity index (χ1n) is 8.79. The Labute approximate surface area is 162 Å². The number of nitrogens with zero attached hydrogens (tertiary/aromatic N) is 3. The zero-order valence-electron chi connectivity index (χ0n) is 15.0. The average Bonchev–Trinajstić information content (AvgIpc) is 2.68. The topological polar surface area (TPSA) is 91.6 Å². The molecule has 27 heavy (non-hydrogen) atoms. The number of pyridine rings is 1. The van der Waals surface area contributed by atoms with Crippen molar-refractivity contribution in [3.05, 3.63) is 54.4 Å². The summed E-state index contributed by atoms with van der Waals surface area (Å²) in [5.74, 6) is -0.203. The highest BCUT2D eigenvalue weighted by molar-refractivity contribution is 8.00. The maximum absolute atomic E-state index is 12.6. The molecule has 0 atom stereocenters. The minimum absolute atomic E-state index is 0.122. The minimum Gasteiger partial charge on any atom is -0.369 e. The van der Waals surface area contributed by atoms with Gasteiger partial charge in [0.15, 0.2) is 0 Å². The zero-order valence-corrected chi connectivity index (χ0v) is 15.8. The van der Waals surface area contributed by atoms with Crippen LogP contribution in [0.15, 0.2) is 53.7 Å². The van der Waals surface area contributed by atoms with Gasteiger partial charge >= 0.3 is 6.03 Å². The monoisotopic (exact) mass is 385 g/mol. The number of nitrogens with one attached hydrogen (secondary N) is 1. The van der Waals surface area contributed by atoms with E-state index in [4.69, 9.17) is 5.73 Å². The lowest BCUT2D eigenvalue weighted by atomic mass is 10.2. The van der Waals surface area contributed by atoms with Crippen LogP contribution >= 0.6 is 11.8 Å². The number of anilines is 1. The van der Waals surface area contributed by atoms with Crippen molar-refractivity contribution in [1.29, 1.82) is 0 Å². The summed E-state index contributed by atoms with van der Waals surface area (Å²) in [5.41, 5.74) is 7.09. The van der Waals surface area contributed by atoms with Crippen LogP contribution in [0.3, 0.4) is 0 Å². The normalized spacial score (nSPS) is 14.7. The number of hydrogen-bond acceptors (Lipinski definition) is 5. The van der Waals surface area contributed by atoms with Crippen LogP contribution in [0.1, 0.15) is 5.56 Å². The van der Waals surface area contributed by atoms with Crippen molar-refractivity contribution in [3.63, 3.8) is 0 Å². The van der Waals surface area contributed by atoms with E-state index >= 15 is 0 Å². The van der Waals surface area contributed by atoms with E-state index in [-0.39, 0.29) is 17.7 Å². The van der Waals surface area contributed by atoms with Gasteiger partial charge in [0.25, 0.3) is 0 Å². The summed E-state index contributed by atoms with van der Waals surface area (Å²) in [4.78, 5) is 32.7. The number of para-hydroxylation sites is 1. The van der Waals surface area contributed by atoms with Crippen LogP contribution in [0, 0.1) is 0 Å². The molecular weight excluding hydrogens is 362 g/mol. The van der Waals surface area contributed by atoms with Gasteiger partial charge in [-0.25, -0.2) is 4.79 Å². The van der Waals surface area contributed by atoms with Crippen molar-refractivity contribution in [2.75, 3.05) is 37.2 Å². The molecule has 1 aromatic heterocycles. The molecule has 3 N–H and O–H groups in total. The number of primary amides is 1. The number of benzene rings is 1. The van der Waals surface area contributed by atoms with Crippen molar-refractivity contribution >= 4 is 29.4 Å². The number of carbonyl (C=O) groups is 2. The molecule has 142 valence electrons. The van der Waals surface area contributed by atoms with Crippen LogP contribution < -0.4 is 11.1 Å². The summed E-state index contributed by atoms with van der Waals surface area (Å²) in [5, 5.41) is 2.95. The fourth-order valence-electron chi connectivity index (χ4n) is 2.90. The van der Waals surface area contributed by atoms with Crippen molar-refractivity contribution in [2.45, 2.75) is 11.4 Å². The van der Waals surface area contributed by atoms with Crippen molar-refractivity contribution in [1.82, 2.24) is 14.8 Å². The van der Waals surface area contributed by atoms with E-state index in [0.29, 0.717) is 18.8 Å². The van der Waals surface area contributed by atoms with Gasteiger partial charge in [-0.3, -0.25) is 14.7 Å². The van der Waals surface area contributed by atoms with Gasteiger partial charge in [0, 0.05) is 50.0 Å². The van der Waals surface area contributed by atoms with Crippen LogP contribution in [0.25, 0.3) is 0 Å². The number of amides is 3. The van der Waals surface area contributed by atoms with Crippen LogP contribution in [0.5, 0.6) is 0 Å². The van der Waals surface area contributed by atoms with Crippen molar-refractivity contribution in [3.8, 4) is 0 Å². The number of aromatic nitrogens is 1. The molecule has 1 aliphatic rings. The molecule has 0 aliphatic carbocycles. The van der Waals surface area contributed by atoms with E-state index in [1.165, 1.54) is 17.3 Å². The number of hydrogen-bond donors (Lipinski definition) is 2. The maximum Gasteiger partial charge on any atom is 0.321 e. The Morgan fingerprint density at radius 1 is 1.11 bits per heavy atom. The summed E-state index contributed by atoms with van der Waals surface area (Å²) in [6, 6.07) is 11.3. The summed E-state index contributed by atoms with van der Waals surface area (Å²) >= 11 is 1.32. The Balaban J connectivity index is 1.52. The second-order valence-electron chi connectivity index (χ2n) is 6.31.